The zero-order chi connectivity index (χ0) is 15.7. The molecular formula is C16H16N2O4. The van der Waals surface area contributed by atoms with Crippen LogP contribution in [0.3, 0.4) is 0 Å². The number of aromatic amines is 1. The highest BCUT2D eigenvalue weighted by molar-refractivity contribution is 5.94. The molecule has 0 fully saturated rings. The number of nitrogens with one attached hydrogen (secondary N) is 2. The number of carbonyl (C=O) groups excluding carboxylic acids is 1. The molecule has 0 saturated carbocycles. The van der Waals surface area contributed by atoms with E-state index in [4.69, 9.17) is 9.47 Å². The van der Waals surface area contributed by atoms with Crippen molar-refractivity contribution in [2.24, 2.45) is 0 Å². The number of H-pyrrole nitrogens is 1. The predicted molar refractivity (Wildman–Crippen MR) is 80.2 cm³/mol. The van der Waals surface area contributed by atoms with Gasteiger partial charge in [-0.3, -0.25) is 9.59 Å². The largest absolute Gasteiger partial charge is 0.454 e. The van der Waals surface area contributed by atoms with Crippen molar-refractivity contribution in [2.45, 2.75) is 19.9 Å². The monoisotopic (exact) mass is 300 g/mol. The fourth-order valence-corrected chi connectivity index (χ4v) is 2.29. The van der Waals surface area contributed by atoms with Gasteiger partial charge in [-0.25, -0.2) is 0 Å². The molecule has 0 saturated heterocycles. The minimum Gasteiger partial charge on any atom is -0.454 e. The van der Waals surface area contributed by atoms with Gasteiger partial charge >= 0.3 is 0 Å². The second-order valence-corrected chi connectivity index (χ2v) is 5.19. The van der Waals surface area contributed by atoms with Crippen molar-refractivity contribution < 1.29 is 14.3 Å². The molecule has 114 valence electrons. The molecule has 0 spiro atoms. The third kappa shape index (κ3) is 2.67. The van der Waals surface area contributed by atoms with Gasteiger partial charge in [-0.1, -0.05) is 6.07 Å². The molecule has 3 rings (SSSR count). The van der Waals surface area contributed by atoms with Crippen LogP contribution in [0.1, 0.15) is 34.6 Å². The number of fused-ring (bicyclic) bond motifs is 1. The molecule has 6 nitrogen and oxygen atoms in total. The minimum absolute atomic E-state index is 0.0955. The Hall–Kier alpha value is -2.76. The molecule has 1 aromatic heterocycles. The molecular weight excluding hydrogens is 284 g/mol. The molecule has 22 heavy (non-hydrogen) atoms. The SMILES string of the molecule is Cc1ccc(C(=O)N[C@@H](C)c2ccc3c(c2)OCO3)c(=O)[nH]1. The Labute approximate surface area is 127 Å². The maximum atomic E-state index is 12.2. The quantitative estimate of drug-likeness (QED) is 0.907. The zero-order valence-corrected chi connectivity index (χ0v) is 12.3. The van der Waals surface area contributed by atoms with Crippen LogP contribution in [0.4, 0.5) is 0 Å². The smallest absolute Gasteiger partial charge is 0.260 e. The van der Waals surface area contributed by atoms with E-state index in [0.717, 1.165) is 5.56 Å². The molecule has 0 aliphatic carbocycles. The lowest BCUT2D eigenvalue weighted by Gasteiger charge is -2.14. The van der Waals surface area contributed by atoms with Crippen LogP contribution in [0.5, 0.6) is 11.5 Å². The molecule has 2 N–H and O–H groups in total. The van der Waals surface area contributed by atoms with Crippen LogP contribution in [-0.4, -0.2) is 17.7 Å². The van der Waals surface area contributed by atoms with Crippen LogP contribution >= 0.6 is 0 Å². The lowest BCUT2D eigenvalue weighted by atomic mass is 10.1. The van der Waals surface area contributed by atoms with Crippen LogP contribution in [0, 0.1) is 6.92 Å². The highest BCUT2D eigenvalue weighted by Gasteiger charge is 2.18. The van der Waals surface area contributed by atoms with E-state index in [2.05, 4.69) is 10.3 Å². The lowest BCUT2D eigenvalue weighted by molar-refractivity contribution is 0.0938. The fraction of sp³-hybridized carbons (Fsp3) is 0.250. The van der Waals surface area contributed by atoms with Gasteiger partial charge in [-0.05, 0) is 43.7 Å². The van der Waals surface area contributed by atoms with E-state index < -0.39 is 11.5 Å². The van der Waals surface area contributed by atoms with Crippen molar-refractivity contribution in [3.05, 3.63) is 57.5 Å². The number of amides is 1. The van der Waals surface area contributed by atoms with Gasteiger partial charge in [-0.15, -0.1) is 0 Å². The number of ether oxygens (including phenoxy) is 2. The van der Waals surface area contributed by atoms with Crippen LogP contribution in [0.2, 0.25) is 0 Å². The highest BCUT2D eigenvalue weighted by Crippen LogP contribution is 2.34. The number of pyridine rings is 1. The molecule has 0 radical (unpaired) electrons. The Kier molecular flexibility index (Phi) is 3.58. The first-order valence-corrected chi connectivity index (χ1v) is 6.95. The molecule has 0 unspecified atom stereocenters. The van der Waals surface area contributed by atoms with Crippen molar-refractivity contribution in [3.63, 3.8) is 0 Å². The summed E-state index contributed by atoms with van der Waals surface area (Å²) in [6, 6.07) is 8.45. The van der Waals surface area contributed by atoms with Crippen LogP contribution in [0.15, 0.2) is 35.1 Å². The Morgan fingerprint density at radius 1 is 1.23 bits per heavy atom. The van der Waals surface area contributed by atoms with Crippen molar-refractivity contribution in [1.29, 1.82) is 0 Å². The molecule has 0 bridgehead atoms. The van der Waals surface area contributed by atoms with Crippen LogP contribution < -0.4 is 20.3 Å². The third-order valence-electron chi connectivity index (χ3n) is 3.54. The second kappa shape index (κ2) is 5.55. The summed E-state index contributed by atoms with van der Waals surface area (Å²) >= 11 is 0. The number of benzene rings is 1. The van der Waals surface area contributed by atoms with Gasteiger partial charge in [0.15, 0.2) is 11.5 Å². The molecule has 1 aliphatic rings. The summed E-state index contributed by atoms with van der Waals surface area (Å²) in [5, 5.41) is 2.81. The predicted octanol–water partition coefficient (Wildman–Crippen LogP) is 1.90. The number of aromatic nitrogens is 1. The van der Waals surface area contributed by atoms with Crippen molar-refractivity contribution in [1.82, 2.24) is 10.3 Å². The van der Waals surface area contributed by atoms with E-state index >= 15 is 0 Å². The van der Waals surface area contributed by atoms with Gasteiger partial charge in [-0.2, -0.15) is 0 Å². The molecule has 1 aromatic carbocycles. The highest BCUT2D eigenvalue weighted by atomic mass is 16.7. The molecule has 2 aromatic rings. The molecule has 1 amide bonds. The number of hydrogen-bond acceptors (Lipinski definition) is 4. The van der Waals surface area contributed by atoms with E-state index in [9.17, 15) is 9.59 Å². The fourth-order valence-electron chi connectivity index (χ4n) is 2.29. The average molecular weight is 300 g/mol. The number of hydrogen-bond donors (Lipinski definition) is 2. The number of carbonyl (C=O) groups is 1. The summed E-state index contributed by atoms with van der Waals surface area (Å²) in [4.78, 5) is 26.6. The van der Waals surface area contributed by atoms with E-state index in [1.165, 1.54) is 6.07 Å². The maximum Gasteiger partial charge on any atom is 0.260 e. The van der Waals surface area contributed by atoms with E-state index in [1.54, 1.807) is 19.1 Å². The standard InChI is InChI=1S/C16H16N2O4/c1-9-3-5-12(15(19)17-9)16(20)18-10(2)11-4-6-13-14(7-11)22-8-21-13/h3-7,10H,8H2,1-2H3,(H,17,19)(H,18,20)/t10-/m0/s1. The van der Waals surface area contributed by atoms with Crippen LogP contribution in [0.25, 0.3) is 0 Å². The van der Waals surface area contributed by atoms with Crippen molar-refractivity contribution in [2.75, 3.05) is 6.79 Å². The second-order valence-electron chi connectivity index (χ2n) is 5.19. The van der Waals surface area contributed by atoms with Gasteiger partial charge in [0.2, 0.25) is 6.79 Å². The minimum atomic E-state index is -0.411. The average Bonchev–Trinajstić information content (AvgIpc) is 2.94. The summed E-state index contributed by atoms with van der Waals surface area (Å²) in [7, 11) is 0. The van der Waals surface area contributed by atoms with Gasteiger partial charge in [0.1, 0.15) is 5.56 Å². The number of aryl methyl sites for hydroxylation is 1. The lowest BCUT2D eigenvalue weighted by Crippen LogP contribution is -2.31. The Bertz CT molecular complexity index is 782. The van der Waals surface area contributed by atoms with Crippen molar-refractivity contribution >= 4 is 5.91 Å². The maximum absolute atomic E-state index is 12.2. The third-order valence-corrected chi connectivity index (χ3v) is 3.54. The Morgan fingerprint density at radius 3 is 2.77 bits per heavy atom. The summed E-state index contributed by atoms with van der Waals surface area (Å²) in [6.45, 7) is 3.81. The van der Waals surface area contributed by atoms with Crippen LogP contribution in [-0.2, 0) is 0 Å². The van der Waals surface area contributed by atoms with Crippen molar-refractivity contribution in [3.8, 4) is 11.5 Å². The molecule has 6 heteroatoms. The van der Waals surface area contributed by atoms with E-state index in [-0.39, 0.29) is 18.4 Å². The van der Waals surface area contributed by atoms with Gasteiger partial charge in [0.25, 0.3) is 11.5 Å². The topological polar surface area (TPSA) is 80.4 Å². The summed E-state index contributed by atoms with van der Waals surface area (Å²) in [5.41, 5.74) is 1.29. The summed E-state index contributed by atoms with van der Waals surface area (Å²) in [5.74, 6) is 0.940. The number of rotatable bonds is 3. The summed E-state index contributed by atoms with van der Waals surface area (Å²) in [6.07, 6.45) is 0. The van der Waals surface area contributed by atoms with Gasteiger partial charge in [0.05, 0.1) is 6.04 Å². The normalized spacial score (nSPS) is 13.7. The molecule has 1 aliphatic heterocycles. The first-order valence-electron chi connectivity index (χ1n) is 6.95. The molecule has 2 heterocycles. The summed E-state index contributed by atoms with van der Waals surface area (Å²) < 4.78 is 10.6. The van der Waals surface area contributed by atoms with Gasteiger partial charge in [0, 0.05) is 5.69 Å². The molecule has 1 atom stereocenters. The first kappa shape index (κ1) is 14.2. The van der Waals surface area contributed by atoms with E-state index in [1.807, 2.05) is 19.1 Å². The zero-order valence-electron chi connectivity index (χ0n) is 12.3. The van der Waals surface area contributed by atoms with Gasteiger partial charge < -0.3 is 19.8 Å². The Balaban J connectivity index is 1.77. The van der Waals surface area contributed by atoms with E-state index in [0.29, 0.717) is 17.2 Å². The first-order chi connectivity index (χ1) is 10.5. The Morgan fingerprint density at radius 2 is 2.00 bits per heavy atom.